The third-order valence-corrected chi connectivity index (χ3v) is 4.25. The van der Waals surface area contributed by atoms with Crippen LogP contribution in [0.3, 0.4) is 0 Å². The van der Waals surface area contributed by atoms with Crippen LogP contribution in [0.2, 0.25) is 0 Å². The molecular formula is C17H22N2O2. The van der Waals surface area contributed by atoms with E-state index in [2.05, 4.69) is 24.0 Å². The first-order valence-electron chi connectivity index (χ1n) is 7.83. The summed E-state index contributed by atoms with van der Waals surface area (Å²) in [5.41, 5.74) is 2.14. The summed E-state index contributed by atoms with van der Waals surface area (Å²) in [5, 5.41) is 9.65. The summed E-state index contributed by atoms with van der Waals surface area (Å²) in [6, 6.07) is 6.31. The molecule has 2 aliphatic heterocycles. The Morgan fingerprint density at radius 1 is 1.43 bits per heavy atom. The first-order valence-corrected chi connectivity index (χ1v) is 7.83. The van der Waals surface area contributed by atoms with E-state index in [-0.39, 0.29) is 12.1 Å². The molecule has 1 aromatic rings. The summed E-state index contributed by atoms with van der Waals surface area (Å²) in [6.45, 7) is 6.63. The molecule has 112 valence electrons. The Morgan fingerprint density at radius 2 is 2.19 bits per heavy atom. The lowest BCUT2D eigenvalue weighted by atomic mass is 10.0. The van der Waals surface area contributed by atoms with Gasteiger partial charge in [-0.15, -0.1) is 0 Å². The van der Waals surface area contributed by atoms with Crippen molar-refractivity contribution in [3.63, 3.8) is 0 Å². The van der Waals surface area contributed by atoms with Crippen LogP contribution in [0, 0.1) is 11.3 Å². The minimum Gasteiger partial charge on any atom is -0.493 e. The molecule has 2 heterocycles. The van der Waals surface area contributed by atoms with Crippen LogP contribution in [0.1, 0.15) is 43.9 Å². The molecule has 0 N–H and O–H groups in total. The zero-order chi connectivity index (χ0) is 14.8. The maximum Gasteiger partial charge on any atom is 0.127 e. The quantitative estimate of drug-likeness (QED) is 0.853. The first-order chi connectivity index (χ1) is 10.2. The summed E-state index contributed by atoms with van der Waals surface area (Å²) in [5.74, 6) is 1.76. The molecule has 0 radical (unpaired) electrons. The fraction of sp³-hybridized carbons (Fsp3) is 0.588. The zero-order valence-corrected chi connectivity index (χ0v) is 12.8. The van der Waals surface area contributed by atoms with E-state index >= 15 is 0 Å². The third kappa shape index (κ3) is 2.71. The van der Waals surface area contributed by atoms with Crippen molar-refractivity contribution in [1.29, 1.82) is 5.26 Å². The predicted molar refractivity (Wildman–Crippen MR) is 80.6 cm³/mol. The number of rotatable bonds is 4. The number of hydrogen-bond acceptors (Lipinski definition) is 4. The second kappa shape index (κ2) is 5.95. The van der Waals surface area contributed by atoms with E-state index < -0.39 is 0 Å². The summed E-state index contributed by atoms with van der Waals surface area (Å²) < 4.78 is 11.7. The SMILES string of the molecule is CCOc1cc2c(cc1C(C#N)N1CCCC1)OC(C)C2. The maximum absolute atomic E-state index is 9.65. The van der Waals surface area contributed by atoms with Gasteiger partial charge in [0.25, 0.3) is 0 Å². The van der Waals surface area contributed by atoms with Crippen LogP contribution >= 0.6 is 0 Å². The minimum absolute atomic E-state index is 0.206. The summed E-state index contributed by atoms with van der Waals surface area (Å²) in [6.07, 6.45) is 3.45. The monoisotopic (exact) mass is 286 g/mol. The van der Waals surface area contributed by atoms with Crippen LogP contribution in [0.4, 0.5) is 0 Å². The van der Waals surface area contributed by atoms with Crippen molar-refractivity contribution in [2.75, 3.05) is 19.7 Å². The Morgan fingerprint density at radius 3 is 2.86 bits per heavy atom. The number of fused-ring (bicyclic) bond motifs is 1. The van der Waals surface area contributed by atoms with Gasteiger partial charge in [0.05, 0.1) is 12.7 Å². The fourth-order valence-electron chi connectivity index (χ4n) is 3.30. The molecule has 1 saturated heterocycles. The van der Waals surface area contributed by atoms with Gasteiger partial charge in [-0.1, -0.05) is 0 Å². The molecule has 21 heavy (non-hydrogen) atoms. The largest absolute Gasteiger partial charge is 0.493 e. The van der Waals surface area contributed by atoms with Gasteiger partial charge < -0.3 is 9.47 Å². The number of hydrogen-bond donors (Lipinski definition) is 0. The number of ether oxygens (including phenoxy) is 2. The van der Waals surface area contributed by atoms with Gasteiger partial charge in [0.2, 0.25) is 0 Å². The fourth-order valence-corrected chi connectivity index (χ4v) is 3.30. The van der Waals surface area contributed by atoms with Crippen LogP contribution in [0.15, 0.2) is 12.1 Å². The van der Waals surface area contributed by atoms with E-state index in [4.69, 9.17) is 9.47 Å². The maximum atomic E-state index is 9.65. The lowest BCUT2D eigenvalue weighted by molar-refractivity contribution is 0.252. The van der Waals surface area contributed by atoms with Crippen LogP contribution in [0.25, 0.3) is 0 Å². The van der Waals surface area contributed by atoms with Gasteiger partial charge in [0, 0.05) is 17.5 Å². The lowest BCUT2D eigenvalue weighted by Gasteiger charge is -2.24. The second-order valence-corrected chi connectivity index (χ2v) is 5.84. The molecule has 3 rings (SSSR count). The van der Waals surface area contributed by atoms with Crippen LogP contribution in [0.5, 0.6) is 11.5 Å². The number of likely N-dealkylation sites (tertiary alicyclic amines) is 1. The zero-order valence-electron chi connectivity index (χ0n) is 12.8. The Hall–Kier alpha value is -1.73. The summed E-state index contributed by atoms with van der Waals surface area (Å²) in [4.78, 5) is 2.24. The molecule has 4 heteroatoms. The van der Waals surface area contributed by atoms with Gasteiger partial charge in [0.1, 0.15) is 23.6 Å². The standard InChI is InChI=1S/C17H22N2O2/c1-3-20-17-9-13-8-12(2)21-16(13)10-14(17)15(11-18)19-6-4-5-7-19/h9-10,12,15H,3-8H2,1-2H3. The molecule has 0 aliphatic carbocycles. The molecule has 0 aromatic heterocycles. The molecule has 2 aliphatic rings. The molecule has 1 fully saturated rings. The van der Waals surface area contributed by atoms with Gasteiger partial charge >= 0.3 is 0 Å². The highest BCUT2D eigenvalue weighted by molar-refractivity contribution is 5.51. The smallest absolute Gasteiger partial charge is 0.127 e. The van der Waals surface area contributed by atoms with Crippen LogP contribution in [-0.2, 0) is 6.42 Å². The van der Waals surface area contributed by atoms with Crippen molar-refractivity contribution in [3.8, 4) is 17.6 Å². The molecule has 0 amide bonds. The molecular weight excluding hydrogens is 264 g/mol. The van der Waals surface area contributed by atoms with Crippen molar-refractivity contribution in [3.05, 3.63) is 23.3 Å². The first kappa shape index (κ1) is 14.2. The average Bonchev–Trinajstić information content (AvgIpc) is 3.09. The van der Waals surface area contributed by atoms with E-state index in [9.17, 15) is 5.26 Å². The van der Waals surface area contributed by atoms with Crippen molar-refractivity contribution >= 4 is 0 Å². The van der Waals surface area contributed by atoms with E-state index in [1.54, 1.807) is 0 Å². The lowest BCUT2D eigenvalue weighted by Crippen LogP contribution is -2.25. The number of benzene rings is 1. The molecule has 0 saturated carbocycles. The van der Waals surface area contributed by atoms with Crippen molar-refractivity contribution in [1.82, 2.24) is 4.90 Å². The van der Waals surface area contributed by atoms with Crippen molar-refractivity contribution in [2.24, 2.45) is 0 Å². The molecule has 2 unspecified atom stereocenters. The Kier molecular flexibility index (Phi) is 4.03. The van der Waals surface area contributed by atoms with Gasteiger partial charge in [0.15, 0.2) is 0 Å². The summed E-state index contributed by atoms with van der Waals surface area (Å²) in [7, 11) is 0. The van der Waals surface area contributed by atoms with Crippen molar-refractivity contribution in [2.45, 2.75) is 45.3 Å². The number of nitriles is 1. The average molecular weight is 286 g/mol. The highest BCUT2D eigenvalue weighted by Gasteiger charge is 2.29. The van der Waals surface area contributed by atoms with E-state index in [1.807, 2.05) is 13.0 Å². The molecule has 0 bridgehead atoms. The van der Waals surface area contributed by atoms with E-state index in [1.165, 1.54) is 18.4 Å². The van der Waals surface area contributed by atoms with Crippen LogP contribution < -0.4 is 9.47 Å². The number of nitrogens with zero attached hydrogens (tertiary/aromatic N) is 2. The Bertz CT molecular complexity index is 559. The van der Waals surface area contributed by atoms with Gasteiger partial charge in [-0.05, 0) is 51.9 Å². The highest BCUT2D eigenvalue weighted by Crippen LogP contribution is 2.39. The Balaban J connectivity index is 1.99. The molecule has 0 spiro atoms. The topological polar surface area (TPSA) is 45.5 Å². The Labute approximate surface area is 126 Å². The van der Waals surface area contributed by atoms with Crippen molar-refractivity contribution < 1.29 is 9.47 Å². The minimum atomic E-state index is -0.237. The predicted octanol–water partition coefficient (Wildman–Crippen LogP) is 3.07. The third-order valence-electron chi connectivity index (χ3n) is 4.25. The van der Waals surface area contributed by atoms with Gasteiger partial charge in [-0.25, -0.2) is 0 Å². The van der Waals surface area contributed by atoms with E-state index in [0.717, 1.165) is 36.6 Å². The van der Waals surface area contributed by atoms with Gasteiger partial charge in [-0.2, -0.15) is 5.26 Å². The van der Waals surface area contributed by atoms with Crippen LogP contribution in [-0.4, -0.2) is 30.7 Å². The summed E-state index contributed by atoms with van der Waals surface area (Å²) >= 11 is 0. The van der Waals surface area contributed by atoms with Gasteiger partial charge in [-0.3, -0.25) is 4.90 Å². The second-order valence-electron chi connectivity index (χ2n) is 5.84. The van der Waals surface area contributed by atoms with E-state index in [0.29, 0.717) is 6.61 Å². The molecule has 1 aromatic carbocycles. The normalized spacial score (nSPS) is 22.4. The molecule has 4 nitrogen and oxygen atoms in total. The molecule has 2 atom stereocenters. The highest BCUT2D eigenvalue weighted by atomic mass is 16.5.